The maximum absolute atomic E-state index is 13.4. The fourth-order valence-electron chi connectivity index (χ4n) is 4.30. The Hall–Kier alpha value is -3.76. The Kier molecular flexibility index (Phi) is 11.3. The number of phenolic OH excluding ortho intramolecular Hbond substituents is 1. The molecule has 4 N–H and O–H groups in total. The van der Waals surface area contributed by atoms with Gasteiger partial charge in [-0.05, 0) is 62.1 Å². The van der Waals surface area contributed by atoms with Gasteiger partial charge < -0.3 is 10.0 Å². The van der Waals surface area contributed by atoms with E-state index in [0.29, 0.717) is 31.7 Å². The van der Waals surface area contributed by atoms with Gasteiger partial charge in [0.05, 0.1) is 6.54 Å². The zero-order valence-electron chi connectivity index (χ0n) is 22.3. The molecule has 1 unspecified atom stereocenters. The smallest absolute Gasteiger partial charge is 0.244 e. The molecule has 0 spiro atoms. The van der Waals surface area contributed by atoms with Crippen molar-refractivity contribution in [1.82, 2.24) is 26.0 Å². The Morgan fingerprint density at radius 3 is 2.21 bits per heavy atom. The number of phenols is 1. The largest absolute Gasteiger partial charge is 0.508 e. The van der Waals surface area contributed by atoms with Crippen LogP contribution in [-0.2, 0) is 29.2 Å². The number of nitrogens with one attached hydrogen (secondary N) is 3. The number of hydrogen-bond donors (Lipinski definition) is 4. The molecule has 3 rings (SSSR count). The quantitative estimate of drug-likeness (QED) is 0.106. The van der Waals surface area contributed by atoms with Gasteiger partial charge in [0.15, 0.2) is 0 Å². The van der Waals surface area contributed by atoms with Gasteiger partial charge in [0.1, 0.15) is 11.9 Å². The number of amides is 2. The molecule has 3 aromatic rings. The van der Waals surface area contributed by atoms with E-state index in [0.717, 1.165) is 12.1 Å². The highest BCUT2D eigenvalue weighted by atomic mass is 16.3. The summed E-state index contributed by atoms with van der Waals surface area (Å²) in [6, 6.07) is 25.1. The minimum absolute atomic E-state index is 0.0978. The Morgan fingerprint density at radius 2 is 1.55 bits per heavy atom. The SMILES string of the molecule is CN(C)Cc1cccc(CN(C)CC(NCc2ccccc2)N(C(=O)CNNC=O)c2ccc(O)cc2)c1. The van der Waals surface area contributed by atoms with Gasteiger partial charge in [-0.25, -0.2) is 5.43 Å². The van der Waals surface area contributed by atoms with E-state index in [1.54, 1.807) is 29.2 Å². The molecule has 0 bridgehead atoms. The van der Waals surface area contributed by atoms with Crippen molar-refractivity contribution >= 4 is 18.0 Å². The fourth-order valence-corrected chi connectivity index (χ4v) is 4.30. The highest BCUT2D eigenvalue weighted by Crippen LogP contribution is 2.21. The van der Waals surface area contributed by atoms with E-state index in [2.05, 4.69) is 64.3 Å². The maximum atomic E-state index is 13.4. The average Bonchev–Trinajstić information content (AvgIpc) is 2.89. The number of likely N-dealkylation sites (N-methyl/N-ethyl adjacent to an activating group) is 1. The zero-order valence-corrected chi connectivity index (χ0v) is 22.3. The van der Waals surface area contributed by atoms with Crippen LogP contribution in [0.4, 0.5) is 5.69 Å². The number of aromatic hydroxyl groups is 1. The predicted octanol–water partition coefficient (Wildman–Crippen LogP) is 2.29. The molecule has 0 aliphatic rings. The van der Waals surface area contributed by atoms with E-state index in [1.807, 2.05) is 37.4 Å². The number of nitrogens with zero attached hydrogens (tertiary/aromatic N) is 3. The Morgan fingerprint density at radius 1 is 0.895 bits per heavy atom. The lowest BCUT2D eigenvalue weighted by molar-refractivity contribution is -0.119. The summed E-state index contributed by atoms with van der Waals surface area (Å²) in [6.45, 7) is 2.55. The summed E-state index contributed by atoms with van der Waals surface area (Å²) in [7, 11) is 6.13. The second-order valence-electron chi connectivity index (χ2n) is 9.53. The van der Waals surface area contributed by atoms with Crippen molar-refractivity contribution in [1.29, 1.82) is 0 Å². The van der Waals surface area contributed by atoms with Crippen LogP contribution in [0.2, 0.25) is 0 Å². The summed E-state index contributed by atoms with van der Waals surface area (Å²) in [4.78, 5) is 30.1. The van der Waals surface area contributed by atoms with Crippen LogP contribution in [0.15, 0.2) is 78.9 Å². The molecule has 0 aliphatic carbocycles. The lowest BCUT2D eigenvalue weighted by Crippen LogP contribution is -2.56. The Balaban J connectivity index is 1.85. The number of anilines is 1. The molecular weight excluding hydrogens is 480 g/mol. The van der Waals surface area contributed by atoms with Crippen molar-refractivity contribution in [2.24, 2.45) is 0 Å². The van der Waals surface area contributed by atoms with Crippen LogP contribution in [0.3, 0.4) is 0 Å². The first kappa shape index (κ1) is 28.8. The molecule has 3 aromatic carbocycles. The van der Waals surface area contributed by atoms with Crippen LogP contribution >= 0.6 is 0 Å². The van der Waals surface area contributed by atoms with Gasteiger partial charge in [0, 0.05) is 31.9 Å². The molecule has 0 heterocycles. The maximum Gasteiger partial charge on any atom is 0.244 e. The van der Waals surface area contributed by atoms with Crippen molar-refractivity contribution in [2.75, 3.05) is 39.1 Å². The monoisotopic (exact) mass is 518 g/mol. The molecule has 0 aromatic heterocycles. The number of carbonyl (C=O) groups excluding carboxylic acids is 2. The number of hydrazine groups is 1. The van der Waals surface area contributed by atoms with Gasteiger partial charge in [-0.2, -0.15) is 0 Å². The van der Waals surface area contributed by atoms with Crippen LogP contribution in [-0.4, -0.2) is 67.6 Å². The minimum Gasteiger partial charge on any atom is -0.508 e. The van der Waals surface area contributed by atoms with Gasteiger partial charge in [0.25, 0.3) is 0 Å². The third kappa shape index (κ3) is 9.28. The number of carbonyl (C=O) groups is 2. The standard InChI is InChI=1S/C29H38N6O3/c1-33(2)19-24-10-7-11-25(16-24)20-34(3)21-28(30-17-23-8-5-4-6-9-23)35(29(38)18-31-32-22-36)26-12-14-27(37)15-13-26/h4-16,22,28,30-31,37H,17-21H2,1-3H3,(H,32,36). The topological polar surface area (TPSA) is 100 Å². The molecule has 0 saturated carbocycles. The molecule has 0 aliphatic heterocycles. The van der Waals surface area contributed by atoms with E-state index in [9.17, 15) is 14.7 Å². The highest BCUT2D eigenvalue weighted by Gasteiger charge is 2.26. The van der Waals surface area contributed by atoms with E-state index in [4.69, 9.17) is 0 Å². The van der Waals surface area contributed by atoms with E-state index in [-0.39, 0.29) is 18.2 Å². The Labute approximate surface area is 225 Å². The van der Waals surface area contributed by atoms with Crippen LogP contribution in [0.1, 0.15) is 16.7 Å². The second-order valence-corrected chi connectivity index (χ2v) is 9.53. The third-order valence-electron chi connectivity index (χ3n) is 5.92. The second kappa shape index (κ2) is 14.8. The van der Waals surface area contributed by atoms with Crippen LogP contribution in [0, 0.1) is 0 Å². The molecule has 202 valence electrons. The van der Waals surface area contributed by atoms with Gasteiger partial charge in [-0.3, -0.25) is 30.1 Å². The van der Waals surface area contributed by atoms with E-state index in [1.165, 1.54) is 11.1 Å². The number of benzene rings is 3. The van der Waals surface area contributed by atoms with Crippen LogP contribution in [0.25, 0.3) is 0 Å². The summed E-state index contributed by atoms with van der Waals surface area (Å²) in [6.07, 6.45) is 0.0850. The molecule has 1 atom stereocenters. The van der Waals surface area contributed by atoms with Crippen molar-refractivity contribution in [2.45, 2.75) is 25.8 Å². The van der Waals surface area contributed by atoms with Gasteiger partial charge in [-0.15, -0.1) is 0 Å². The van der Waals surface area contributed by atoms with Crippen LogP contribution in [0.5, 0.6) is 5.75 Å². The lowest BCUT2D eigenvalue weighted by Gasteiger charge is -2.35. The molecule has 0 radical (unpaired) electrons. The van der Waals surface area contributed by atoms with Crippen molar-refractivity contribution < 1.29 is 14.7 Å². The summed E-state index contributed by atoms with van der Waals surface area (Å²) in [5.41, 5.74) is 9.12. The normalized spacial score (nSPS) is 11.9. The van der Waals surface area contributed by atoms with Crippen molar-refractivity contribution in [3.63, 3.8) is 0 Å². The minimum atomic E-state index is -0.403. The predicted molar refractivity (Wildman–Crippen MR) is 150 cm³/mol. The zero-order chi connectivity index (χ0) is 27.3. The van der Waals surface area contributed by atoms with Crippen LogP contribution < -0.4 is 21.1 Å². The fraction of sp³-hybridized carbons (Fsp3) is 0.310. The van der Waals surface area contributed by atoms with Gasteiger partial charge in [-0.1, -0.05) is 54.6 Å². The Bertz CT molecular complexity index is 1140. The summed E-state index contributed by atoms with van der Waals surface area (Å²) >= 11 is 0. The van der Waals surface area contributed by atoms with Gasteiger partial charge >= 0.3 is 0 Å². The first-order valence-electron chi connectivity index (χ1n) is 12.6. The molecular formula is C29H38N6O3. The summed E-state index contributed by atoms with van der Waals surface area (Å²) in [5, 5.41) is 13.4. The van der Waals surface area contributed by atoms with Crippen molar-refractivity contribution in [3.05, 3.63) is 95.6 Å². The van der Waals surface area contributed by atoms with Gasteiger partial charge in [0.2, 0.25) is 12.3 Å². The summed E-state index contributed by atoms with van der Waals surface area (Å²) in [5.74, 6) is -0.123. The summed E-state index contributed by atoms with van der Waals surface area (Å²) < 4.78 is 0. The molecule has 9 nitrogen and oxygen atoms in total. The van der Waals surface area contributed by atoms with E-state index < -0.39 is 6.17 Å². The lowest BCUT2D eigenvalue weighted by atomic mass is 10.1. The highest BCUT2D eigenvalue weighted by molar-refractivity contribution is 5.95. The van der Waals surface area contributed by atoms with Crippen molar-refractivity contribution in [3.8, 4) is 5.75 Å². The number of hydrogen-bond acceptors (Lipinski definition) is 7. The molecule has 9 heteroatoms. The molecule has 38 heavy (non-hydrogen) atoms. The first-order chi connectivity index (χ1) is 18.4. The third-order valence-corrected chi connectivity index (χ3v) is 5.92. The number of rotatable bonds is 15. The molecule has 0 saturated heterocycles. The molecule has 0 fully saturated rings. The first-order valence-corrected chi connectivity index (χ1v) is 12.6. The molecule has 2 amide bonds. The average molecular weight is 519 g/mol. The van der Waals surface area contributed by atoms with E-state index >= 15 is 0 Å².